The Labute approximate surface area is 124 Å². The monoisotopic (exact) mass is 281 g/mol. The molecule has 4 nitrogen and oxygen atoms in total. The van der Waals surface area contributed by atoms with Gasteiger partial charge in [0.2, 0.25) is 0 Å². The van der Waals surface area contributed by atoms with Crippen molar-refractivity contribution >= 4 is 11.0 Å². The molecule has 1 aromatic heterocycles. The number of fused-ring (bicyclic) bond motifs is 1. The Balaban J connectivity index is 2.18. The number of para-hydroxylation sites is 1. The summed E-state index contributed by atoms with van der Waals surface area (Å²) in [4.78, 5) is 1.67. The molecule has 108 valence electrons. The number of nitrogens with zero attached hydrogens (tertiary/aromatic N) is 3. The molecule has 0 bridgehead atoms. The molecule has 1 atom stereocenters. The Morgan fingerprint density at radius 3 is 2.14 bits per heavy atom. The van der Waals surface area contributed by atoms with Crippen LogP contribution in [0.25, 0.3) is 16.7 Å². The van der Waals surface area contributed by atoms with Crippen molar-refractivity contribution in [1.82, 2.24) is 15.0 Å². The van der Waals surface area contributed by atoms with Gasteiger partial charge < -0.3 is 5.11 Å². The average Bonchev–Trinajstić information content (AvgIpc) is 2.98. The fourth-order valence-electron chi connectivity index (χ4n) is 2.51. The van der Waals surface area contributed by atoms with Gasteiger partial charge in [0.15, 0.2) is 0 Å². The molecule has 2 aromatic carbocycles. The summed E-state index contributed by atoms with van der Waals surface area (Å²) in [7, 11) is 0. The molecule has 0 radical (unpaired) electrons. The Morgan fingerprint density at radius 1 is 1.00 bits per heavy atom. The van der Waals surface area contributed by atoms with Crippen LogP contribution in [0.4, 0.5) is 0 Å². The van der Waals surface area contributed by atoms with Crippen molar-refractivity contribution in [2.45, 2.75) is 25.7 Å². The maximum Gasteiger partial charge on any atom is 0.113 e. The lowest BCUT2D eigenvalue weighted by molar-refractivity contribution is 0.201. The number of aliphatic hydroxyl groups excluding tert-OH is 1. The third kappa shape index (κ3) is 2.32. The summed E-state index contributed by atoms with van der Waals surface area (Å²) in [5, 5.41) is 18.9. The van der Waals surface area contributed by atoms with Crippen molar-refractivity contribution in [3.8, 4) is 5.69 Å². The first-order valence-corrected chi connectivity index (χ1v) is 7.21. The standard InChI is InChI=1S/C17H19N3O/c1-3-17(2,12-21)13-8-4-7-11-16(13)20-18-14-9-5-6-10-15(14)19-20/h4-11,21H,3,12H2,1-2H3. The Kier molecular flexibility index (Phi) is 3.47. The van der Waals surface area contributed by atoms with E-state index in [0.717, 1.165) is 28.7 Å². The lowest BCUT2D eigenvalue weighted by atomic mass is 9.80. The zero-order valence-electron chi connectivity index (χ0n) is 12.3. The number of hydrogen-bond acceptors (Lipinski definition) is 3. The van der Waals surface area contributed by atoms with E-state index in [1.165, 1.54) is 0 Å². The third-order valence-electron chi connectivity index (χ3n) is 4.19. The van der Waals surface area contributed by atoms with Crippen molar-refractivity contribution in [2.24, 2.45) is 0 Å². The van der Waals surface area contributed by atoms with Gasteiger partial charge in [-0.05, 0) is 30.2 Å². The van der Waals surface area contributed by atoms with E-state index in [0.29, 0.717) is 0 Å². The van der Waals surface area contributed by atoms with Crippen molar-refractivity contribution in [3.63, 3.8) is 0 Å². The minimum Gasteiger partial charge on any atom is -0.395 e. The molecule has 0 aliphatic carbocycles. The largest absolute Gasteiger partial charge is 0.395 e. The highest BCUT2D eigenvalue weighted by Crippen LogP contribution is 2.31. The molecule has 3 rings (SSSR count). The van der Waals surface area contributed by atoms with Crippen LogP contribution in [-0.2, 0) is 5.41 Å². The maximum atomic E-state index is 9.80. The first kappa shape index (κ1) is 13.8. The predicted octanol–water partition coefficient (Wildman–Crippen LogP) is 3.08. The van der Waals surface area contributed by atoms with Crippen molar-refractivity contribution in [1.29, 1.82) is 0 Å². The van der Waals surface area contributed by atoms with Crippen LogP contribution in [0.3, 0.4) is 0 Å². The molecule has 0 aliphatic heterocycles. The van der Waals surface area contributed by atoms with Gasteiger partial charge in [0.05, 0.1) is 12.3 Å². The highest BCUT2D eigenvalue weighted by atomic mass is 16.3. The molecule has 1 N–H and O–H groups in total. The molecular weight excluding hydrogens is 262 g/mol. The van der Waals surface area contributed by atoms with Crippen molar-refractivity contribution < 1.29 is 5.11 Å². The highest BCUT2D eigenvalue weighted by Gasteiger charge is 2.27. The Hall–Kier alpha value is -2.20. The minimum atomic E-state index is -0.295. The Bertz CT molecular complexity index is 726. The fourth-order valence-corrected chi connectivity index (χ4v) is 2.51. The van der Waals surface area contributed by atoms with Crippen molar-refractivity contribution in [2.75, 3.05) is 6.61 Å². The van der Waals surface area contributed by atoms with Gasteiger partial charge in [0.1, 0.15) is 11.0 Å². The van der Waals surface area contributed by atoms with Crippen LogP contribution in [0.15, 0.2) is 48.5 Å². The molecule has 0 aliphatic rings. The summed E-state index contributed by atoms with van der Waals surface area (Å²) in [5.74, 6) is 0. The third-order valence-corrected chi connectivity index (χ3v) is 4.19. The van der Waals surface area contributed by atoms with E-state index in [1.54, 1.807) is 4.80 Å². The molecule has 4 heteroatoms. The number of aromatic nitrogens is 3. The summed E-state index contributed by atoms with van der Waals surface area (Å²) in [6.45, 7) is 4.25. The van der Waals surface area contributed by atoms with Crippen LogP contribution < -0.4 is 0 Å². The van der Waals surface area contributed by atoms with E-state index in [2.05, 4.69) is 24.0 Å². The summed E-state index contributed by atoms with van der Waals surface area (Å²) in [5.41, 5.74) is 3.43. The van der Waals surface area contributed by atoms with Gasteiger partial charge in [-0.3, -0.25) is 0 Å². The molecule has 3 aromatic rings. The van der Waals surface area contributed by atoms with Crippen LogP contribution in [0.2, 0.25) is 0 Å². The second-order valence-electron chi connectivity index (χ2n) is 5.57. The lowest BCUT2D eigenvalue weighted by Crippen LogP contribution is -2.27. The zero-order chi connectivity index (χ0) is 14.9. The average molecular weight is 281 g/mol. The molecule has 0 spiro atoms. The number of benzene rings is 2. The van der Waals surface area contributed by atoms with E-state index >= 15 is 0 Å². The van der Waals surface area contributed by atoms with Crippen LogP contribution in [-0.4, -0.2) is 26.7 Å². The molecule has 1 unspecified atom stereocenters. The second-order valence-corrected chi connectivity index (χ2v) is 5.57. The summed E-state index contributed by atoms with van der Waals surface area (Å²) < 4.78 is 0. The van der Waals surface area contributed by atoms with Crippen LogP contribution in [0, 0.1) is 0 Å². The van der Waals surface area contributed by atoms with Crippen LogP contribution >= 0.6 is 0 Å². The normalized spacial score (nSPS) is 14.2. The fraction of sp³-hybridized carbons (Fsp3) is 0.294. The van der Waals surface area contributed by atoms with Crippen molar-refractivity contribution in [3.05, 3.63) is 54.1 Å². The molecule has 0 saturated carbocycles. The van der Waals surface area contributed by atoms with Gasteiger partial charge in [-0.1, -0.05) is 44.2 Å². The van der Waals surface area contributed by atoms with E-state index in [1.807, 2.05) is 48.5 Å². The smallest absolute Gasteiger partial charge is 0.113 e. The Morgan fingerprint density at radius 2 is 1.57 bits per heavy atom. The quantitative estimate of drug-likeness (QED) is 0.799. The molecule has 21 heavy (non-hydrogen) atoms. The summed E-state index contributed by atoms with van der Waals surface area (Å²) in [6, 6.07) is 15.8. The van der Waals surface area contributed by atoms with Crippen LogP contribution in [0.5, 0.6) is 0 Å². The topological polar surface area (TPSA) is 50.9 Å². The number of hydrogen-bond donors (Lipinski definition) is 1. The van der Waals surface area contributed by atoms with E-state index in [4.69, 9.17) is 0 Å². The zero-order valence-corrected chi connectivity index (χ0v) is 12.3. The number of rotatable bonds is 4. The molecule has 0 fully saturated rings. The maximum absolute atomic E-state index is 9.80. The summed E-state index contributed by atoms with van der Waals surface area (Å²) >= 11 is 0. The minimum absolute atomic E-state index is 0.0985. The van der Waals surface area contributed by atoms with Gasteiger partial charge in [0.25, 0.3) is 0 Å². The second kappa shape index (κ2) is 5.30. The molecule has 1 heterocycles. The molecule has 0 saturated heterocycles. The summed E-state index contributed by atoms with van der Waals surface area (Å²) in [6.07, 6.45) is 0.849. The molecular formula is C17H19N3O. The van der Waals surface area contributed by atoms with Gasteiger partial charge in [-0.2, -0.15) is 4.80 Å². The van der Waals surface area contributed by atoms with Gasteiger partial charge in [-0.25, -0.2) is 0 Å². The van der Waals surface area contributed by atoms with Crippen LogP contribution in [0.1, 0.15) is 25.8 Å². The van der Waals surface area contributed by atoms with E-state index in [9.17, 15) is 5.11 Å². The van der Waals surface area contributed by atoms with Gasteiger partial charge >= 0.3 is 0 Å². The lowest BCUT2D eigenvalue weighted by Gasteiger charge is -2.28. The first-order chi connectivity index (χ1) is 10.2. The SMILES string of the molecule is CCC(C)(CO)c1ccccc1-n1nc2ccccc2n1. The molecule has 0 amide bonds. The van der Waals surface area contributed by atoms with E-state index in [-0.39, 0.29) is 12.0 Å². The van der Waals surface area contributed by atoms with Gasteiger partial charge in [-0.15, -0.1) is 10.2 Å². The van der Waals surface area contributed by atoms with Gasteiger partial charge in [0, 0.05) is 5.41 Å². The highest BCUT2D eigenvalue weighted by molar-refractivity contribution is 5.73. The van der Waals surface area contributed by atoms with E-state index < -0.39 is 0 Å². The first-order valence-electron chi connectivity index (χ1n) is 7.21. The number of aliphatic hydroxyl groups is 1. The predicted molar refractivity (Wildman–Crippen MR) is 83.6 cm³/mol.